The van der Waals surface area contributed by atoms with Crippen molar-refractivity contribution in [2.75, 3.05) is 6.61 Å². The molecule has 1 rings (SSSR count). The maximum absolute atomic E-state index is 12.5. The third kappa shape index (κ3) is 5.95. The Balaban J connectivity index is 3.25. The van der Waals surface area contributed by atoms with E-state index < -0.39 is 54.4 Å². The summed E-state index contributed by atoms with van der Waals surface area (Å²) in [6, 6.07) is -0.697. The predicted octanol–water partition coefficient (Wildman–Crippen LogP) is 0.941. The maximum Gasteiger partial charge on any atom is 0.303 e. The molecular formula is C18H31NO7. The average Bonchev–Trinajstić information content (AvgIpc) is 2.50. The first-order valence-electron chi connectivity index (χ1n) is 8.93. The van der Waals surface area contributed by atoms with E-state index in [4.69, 9.17) is 14.2 Å². The standard InChI is InChI=1S/C18H31NO7/c1-7-8-12-14(19-17(23)18(4,5)6)16(25-11(3)22)15(24-10(2)21)13(9-20)26-12/h12-16,20H,7-9H2,1-6H3,(H,19,23)/t12-,13-,14+,15-,16-/m1/s1. The Labute approximate surface area is 154 Å². The normalized spacial score (nSPS) is 29.0. The van der Waals surface area contributed by atoms with Crippen molar-refractivity contribution in [3.63, 3.8) is 0 Å². The van der Waals surface area contributed by atoms with Gasteiger partial charge in [0.05, 0.1) is 18.8 Å². The second-order valence-corrected chi connectivity index (χ2v) is 7.58. The second-order valence-electron chi connectivity index (χ2n) is 7.58. The number of nitrogens with one attached hydrogen (secondary N) is 1. The fraction of sp³-hybridized carbons (Fsp3) is 0.833. The van der Waals surface area contributed by atoms with E-state index in [9.17, 15) is 19.5 Å². The lowest BCUT2D eigenvalue weighted by Gasteiger charge is -2.46. The van der Waals surface area contributed by atoms with Crippen molar-refractivity contribution < 1.29 is 33.7 Å². The first-order valence-corrected chi connectivity index (χ1v) is 8.93. The first-order chi connectivity index (χ1) is 12.0. The highest BCUT2D eigenvalue weighted by Gasteiger charge is 2.50. The topological polar surface area (TPSA) is 111 Å². The molecule has 8 nitrogen and oxygen atoms in total. The van der Waals surface area contributed by atoms with Gasteiger partial charge in [0.2, 0.25) is 5.91 Å². The molecule has 0 aromatic heterocycles. The van der Waals surface area contributed by atoms with Crippen LogP contribution in [0.3, 0.4) is 0 Å². The zero-order chi connectivity index (χ0) is 20.1. The third-order valence-electron chi connectivity index (χ3n) is 4.13. The molecule has 1 amide bonds. The van der Waals surface area contributed by atoms with Crippen molar-refractivity contribution in [2.24, 2.45) is 5.41 Å². The molecule has 5 atom stereocenters. The van der Waals surface area contributed by atoms with Crippen LogP contribution in [0.15, 0.2) is 0 Å². The van der Waals surface area contributed by atoms with Gasteiger partial charge in [-0.15, -0.1) is 0 Å². The predicted molar refractivity (Wildman–Crippen MR) is 93.1 cm³/mol. The molecule has 0 unspecified atom stereocenters. The van der Waals surface area contributed by atoms with Crippen molar-refractivity contribution in [1.82, 2.24) is 5.32 Å². The molecule has 150 valence electrons. The molecule has 8 heteroatoms. The SMILES string of the molecule is CCC[C@H]1O[C@H](CO)[C@@H](OC(C)=O)[C@H](OC(C)=O)[C@H]1NC(=O)C(C)(C)C. The fourth-order valence-corrected chi connectivity index (χ4v) is 2.90. The molecule has 26 heavy (non-hydrogen) atoms. The summed E-state index contributed by atoms with van der Waals surface area (Å²) in [5.41, 5.74) is -0.664. The number of rotatable bonds is 6. The van der Waals surface area contributed by atoms with Crippen molar-refractivity contribution in [1.29, 1.82) is 0 Å². The van der Waals surface area contributed by atoms with Gasteiger partial charge in [0.1, 0.15) is 6.10 Å². The van der Waals surface area contributed by atoms with Crippen LogP contribution >= 0.6 is 0 Å². The molecule has 0 aromatic rings. The fourth-order valence-electron chi connectivity index (χ4n) is 2.90. The molecule has 1 heterocycles. The van der Waals surface area contributed by atoms with Crippen LogP contribution in [0.2, 0.25) is 0 Å². The number of aliphatic hydroxyl groups excluding tert-OH is 1. The molecule has 1 fully saturated rings. The molecule has 0 aliphatic carbocycles. The summed E-state index contributed by atoms with van der Waals surface area (Å²) < 4.78 is 16.6. The molecule has 1 saturated heterocycles. The summed E-state index contributed by atoms with van der Waals surface area (Å²) in [5, 5.41) is 12.5. The molecule has 1 aliphatic rings. The van der Waals surface area contributed by atoms with Gasteiger partial charge < -0.3 is 24.6 Å². The third-order valence-corrected chi connectivity index (χ3v) is 4.13. The van der Waals surface area contributed by atoms with Gasteiger partial charge in [-0.3, -0.25) is 14.4 Å². The van der Waals surface area contributed by atoms with Gasteiger partial charge in [-0.2, -0.15) is 0 Å². The number of carbonyl (C=O) groups excluding carboxylic acids is 3. The number of esters is 2. The van der Waals surface area contributed by atoms with Crippen LogP contribution in [0, 0.1) is 5.41 Å². The summed E-state index contributed by atoms with van der Waals surface area (Å²) in [4.78, 5) is 35.7. The highest BCUT2D eigenvalue weighted by atomic mass is 16.6. The van der Waals surface area contributed by atoms with E-state index in [1.165, 1.54) is 13.8 Å². The molecule has 0 saturated carbocycles. The van der Waals surface area contributed by atoms with E-state index in [0.717, 1.165) is 6.42 Å². The molecular weight excluding hydrogens is 342 g/mol. The summed E-state index contributed by atoms with van der Waals surface area (Å²) >= 11 is 0. The van der Waals surface area contributed by atoms with Gasteiger partial charge in [-0.1, -0.05) is 34.1 Å². The number of amides is 1. The van der Waals surface area contributed by atoms with Crippen molar-refractivity contribution >= 4 is 17.8 Å². The minimum Gasteiger partial charge on any atom is -0.456 e. The van der Waals surface area contributed by atoms with E-state index in [1.54, 1.807) is 20.8 Å². The molecule has 1 aliphatic heterocycles. The Morgan fingerprint density at radius 1 is 1.04 bits per heavy atom. The maximum atomic E-state index is 12.5. The Morgan fingerprint density at radius 2 is 1.58 bits per heavy atom. The van der Waals surface area contributed by atoms with Crippen LogP contribution in [-0.2, 0) is 28.6 Å². The van der Waals surface area contributed by atoms with E-state index in [0.29, 0.717) is 6.42 Å². The smallest absolute Gasteiger partial charge is 0.303 e. The summed E-state index contributed by atoms with van der Waals surface area (Å²) in [7, 11) is 0. The van der Waals surface area contributed by atoms with Gasteiger partial charge in [-0.25, -0.2) is 0 Å². The second kappa shape index (κ2) is 9.32. The van der Waals surface area contributed by atoms with Crippen LogP contribution in [0.5, 0.6) is 0 Å². The molecule has 0 spiro atoms. The Bertz CT molecular complexity index is 514. The van der Waals surface area contributed by atoms with Gasteiger partial charge in [-0.05, 0) is 6.42 Å². The van der Waals surface area contributed by atoms with Crippen molar-refractivity contribution in [3.05, 3.63) is 0 Å². The highest BCUT2D eigenvalue weighted by Crippen LogP contribution is 2.29. The number of aliphatic hydroxyl groups is 1. The van der Waals surface area contributed by atoms with Crippen LogP contribution in [0.25, 0.3) is 0 Å². The van der Waals surface area contributed by atoms with Crippen LogP contribution in [0.4, 0.5) is 0 Å². The number of hydrogen-bond acceptors (Lipinski definition) is 7. The van der Waals surface area contributed by atoms with Crippen LogP contribution < -0.4 is 5.32 Å². The van der Waals surface area contributed by atoms with Crippen LogP contribution in [-0.4, -0.2) is 60.0 Å². The minimum atomic E-state index is -1.01. The van der Waals surface area contributed by atoms with E-state index >= 15 is 0 Å². The molecule has 0 bridgehead atoms. The quantitative estimate of drug-likeness (QED) is 0.667. The summed E-state index contributed by atoms with van der Waals surface area (Å²) in [5.74, 6) is -1.41. The largest absolute Gasteiger partial charge is 0.456 e. The Hall–Kier alpha value is -1.67. The average molecular weight is 373 g/mol. The van der Waals surface area contributed by atoms with Crippen molar-refractivity contribution in [2.45, 2.75) is 84.8 Å². The lowest BCUT2D eigenvalue weighted by molar-refractivity contribution is -0.222. The van der Waals surface area contributed by atoms with Crippen molar-refractivity contribution in [3.8, 4) is 0 Å². The van der Waals surface area contributed by atoms with Gasteiger partial charge in [0.25, 0.3) is 0 Å². The van der Waals surface area contributed by atoms with Gasteiger partial charge in [0, 0.05) is 19.3 Å². The summed E-state index contributed by atoms with van der Waals surface area (Å²) in [6.45, 7) is 9.31. The number of hydrogen-bond donors (Lipinski definition) is 2. The van der Waals surface area contributed by atoms with E-state index in [1.807, 2.05) is 6.92 Å². The molecule has 0 radical (unpaired) electrons. The number of carbonyl (C=O) groups is 3. The number of ether oxygens (including phenoxy) is 3. The van der Waals surface area contributed by atoms with E-state index in [2.05, 4.69) is 5.32 Å². The monoisotopic (exact) mass is 373 g/mol. The lowest BCUT2D eigenvalue weighted by Crippen LogP contribution is -2.66. The molecule has 0 aromatic carbocycles. The zero-order valence-electron chi connectivity index (χ0n) is 16.4. The summed E-state index contributed by atoms with van der Waals surface area (Å²) in [6.07, 6.45) is -1.96. The van der Waals surface area contributed by atoms with Crippen LogP contribution in [0.1, 0.15) is 54.4 Å². The molecule has 2 N–H and O–H groups in total. The Morgan fingerprint density at radius 3 is 2.00 bits per heavy atom. The zero-order valence-corrected chi connectivity index (χ0v) is 16.4. The highest BCUT2D eigenvalue weighted by molar-refractivity contribution is 5.81. The van der Waals surface area contributed by atoms with E-state index in [-0.39, 0.29) is 5.91 Å². The van der Waals surface area contributed by atoms with Gasteiger partial charge in [0.15, 0.2) is 12.2 Å². The lowest BCUT2D eigenvalue weighted by atomic mass is 9.88. The first kappa shape index (κ1) is 22.4. The Kier molecular flexibility index (Phi) is 8.02. The van der Waals surface area contributed by atoms with Gasteiger partial charge >= 0.3 is 11.9 Å². The minimum absolute atomic E-state index is 0.242.